The Balaban J connectivity index is 1.75. The van der Waals surface area contributed by atoms with Crippen molar-refractivity contribution in [3.05, 3.63) is 50.6 Å². The van der Waals surface area contributed by atoms with Crippen molar-refractivity contribution in [3.8, 4) is 5.75 Å². The topological polar surface area (TPSA) is 41.5 Å². The Kier molecular flexibility index (Phi) is 6.23. The molecule has 0 saturated heterocycles. The lowest BCUT2D eigenvalue weighted by atomic mass is 10.2. The van der Waals surface area contributed by atoms with Gasteiger partial charge < -0.3 is 15.2 Å². The summed E-state index contributed by atoms with van der Waals surface area (Å²) in [7, 11) is 0. The van der Waals surface area contributed by atoms with Gasteiger partial charge >= 0.3 is 0 Å². The molecule has 0 bridgehead atoms. The van der Waals surface area contributed by atoms with Crippen molar-refractivity contribution in [2.24, 2.45) is 0 Å². The molecule has 1 aromatic heterocycles. The molecule has 5 heteroatoms. The molecule has 0 aliphatic heterocycles. The molecule has 21 heavy (non-hydrogen) atoms. The van der Waals surface area contributed by atoms with Crippen LogP contribution in [0, 0.1) is 6.92 Å². The van der Waals surface area contributed by atoms with E-state index >= 15 is 0 Å². The van der Waals surface area contributed by atoms with Gasteiger partial charge in [-0.3, -0.25) is 0 Å². The van der Waals surface area contributed by atoms with Gasteiger partial charge in [-0.25, -0.2) is 0 Å². The summed E-state index contributed by atoms with van der Waals surface area (Å²) < 4.78 is 6.55. The van der Waals surface area contributed by atoms with Gasteiger partial charge in [0, 0.05) is 17.5 Å². The maximum Gasteiger partial charge on any atom is 0.133 e. The summed E-state index contributed by atoms with van der Waals surface area (Å²) in [6, 6.07) is 10.3. The van der Waals surface area contributed by atoms with Gasteiger partial charge in [-0.15, -0.1) is 11.3 Å². The van der Waals surface area contributed by atoms with Gasteiger partial charge in [-0.05, 0) is 58.9 Å². The first-order valence-electron chi connectivity index (χ1n) is 6.90. The molecule has 3 nitrogen and oxygen atoms in total. The average molecular weight is 370 g/mol. The second kappa shape index (κ2) is 7.94. The smallest absolute Gasteiger partial charge is 0.133 e. The predicted molar refractivity (Wildman–Crippen MR) is 91.1 cm³/mol. The average Bonchev–Trinajstić information content (AvgIpc) is 2.98. The third-order valence-electron chi connectivity index (χ3n) is 3.15. The summed E-state index contributed by atoms with van der Waals surface area (Å²) in [5.41, 5.74) is 1.17. The lowest BCUT2D eigenvalue weighted by molar-refractivity contribution is 0.104. The van der Waals surface area contributed by atoms with E-state index in [9.17, 15) is 5.11 Å². The van der Waals surface area contributed by atoms with Crippen LogP contribution in [0.15, 0.2) is 40.2 Å². The molecule has 2 rings (SSSR count). The summed E-state index contributed by atoms with van der Waals surface area (Å²) >= 11 is 5.18. The van der Waals surface area contributed by atoms with Crippen molar-refractivity contribution in [1.82, 2.24) is 5.32 Å². The molecule has 114 valence electrons. The van der Waals surface area contributed by atoms with Gasteiger partial charge in [-0.1, -0.05) is 12.1 Å². The number of hydrogen-bond donors (Lipinski definition) is 2. The number of hydrogen-bond acceptors (Lipinski definition) is 4. The lowest BCUT2D eigenvalue weighted by Crippen LogP contribution is -2.32. The molecule has 1 heterocycles. The van der Waals surface area contributed by atoms with Crippen LogP contribution in [0.1, 0.15) is 23.4 Å². The fourth-order valence-corrected chi connectivity index (χ4v) is 3.29. The standard InChI is InChI=1S/C16H20BrNO2S/c1-11-5-6-15(14(17)8-11)20-10-13(19)9-18-12(2)16-4-3-7-21-16/h3-8,12-13,18-19H,9-10H2,1-2H3. The molecule has 2 aromatic rings. The van der Waals surface area contributed by atoms with Gasteiger partial charge in [0.25, 0.3) is 0 Å². The van der Waals surface area contributed by atoms with E-state index in [1.54, 1.807) is 11.3 Å². The largest absolute Gasteiger partial charge is 0.490 e. The van der Waals surface area contributed by atoms with Crippen molar-refractivity contribution in [1.29, 1.82) is 0 Å². The molecule has 2 N–H and O–H groups in total. The van der Waals surface area contributed by atoms with E-state index in [4.69, 9.17) is 4.74 Å². The monoisotopic (exact) mass is 369 g/mol. The minimum absolute atomic E-state index is 0.241. The van der Waals surface area contributed by atoms with Gasteiger partial charge in [-0.2, -0.15) is 0 Å². The first-order valence-corrected chi connectivity index (χ1v) is 8.57. The summed E-state index contributed by atoms with van der Waals surface area (Å²) in [6.45, 7) is 4.89. The number of aliphatic hydroxyl groups is 1. The third kappa shape index (κ3) is 5.11. The Morgan fingerprint density at radius 3 is 2.86 bits per heavy atom. The molecule has 0 spiro atoms. The van der Waals surface area contributed by atoms with E-state index in [0.717, 1.165) is 10.2 Å². The first-order chi connectivity index (χ1) is 10.1. The Hall–Kier alpha value is -0.880. The van der Waals surface area contributed by atoms with Crippen molar-refractivity contribution < 1.29 is 9.84 Å². The highest BCUT2D eigenvalue weighted by Gasteiger charge is 2.11. The van der Waals surface area contributed by atoms with Gasteiger partial charge in [0.15, 0.2) is 0 Å². The molecular formula is C16H20BrNO2S. The van der Waals surface area contributed by atoms with Crippen LogP contribution >= 0.6 is 27.3 Å². The van der Waals surface area contributed by atoms with E-state index in [0.29, 0.717) is 6.54 Å². The van der Waals surface area contributed by atoms with Crippen LogP contribution in [-0.2, 0) is 0 Å². The van der Waals surface area contributed by atoms with Crippen molar-refractivity contribution in [2.75, 3.05) is 13.2 Å². The quantitative estimate of drug-likeness (QED) is 0.777. The molecule has 0 amide bonds. The molecule has 0 aliphatic rings. The summed E-state index contributed by atoms with van der Waals surface area (Å²) in [4.78, 5) is 1.27. The normalized spacial score (nSPS) is 13.9. The second-order valence-corrected chi connectivity index (χ2v) is 6.88. The number of nitrogens with one attached hydrogen (secondary N) is 1. The van der Waals surface area contributed by atoms with Crippen LogP contribution in [0.3, 0.4) is 0 Å². The number of aryl methyl sites for hydroxylation is 1. The summed E-state index contributed by atoms with van der Waals surface area (Å²) in [5, 5.41) is 15.4. The fourth-order valence-electron chi connectivity index (χ4n) is 1.92. The zero-order chi connectivity index (χ0) is 15.2. The molecule has 0 radical (unpaired) electrons. The van der Waals surface area contributed by atoms with E-state index in [1.165, 1.54) is 10.4 Å². The van der Waals surface area contributed by atoms with Crippen LogP contribution in [0.25, 0.3) is 0 Å². The maximum absolute atomic E-state index is 10.0. The Labute approximate surface area is 138 Å². The zero-order valence-electron chi connectivity index (χ0n) is 12.2. The molecular weight excluding hydrogens is 350 g/mol. The SMILES string of the molecule is Cc1ccc(OCC(O)CNC(C)c2cccs2)c(Br)c1. The van der Waals surface area contributed by atoms with Crippen LogP contribution in [0.5, 0.6) is 5.75 Å². The number of halogens is 1. The number of aliphatic hydroxyl groups excluding tert-OH is 1. The van der Waals surface area contributed by atoms with Gasteiger partial charge in [0.1, 0.15) is 18.5 Å². The van der Waals surface area contributed by atoms with E-state index in [2.05, 4.69) is 39.6 Å². The van der Waals surface area contributed by atoms with E-state index < -0.39 is 6.10 Å². The number of rotatable bonds is 7. The highest BCUT2D eigenvalue weighted by atomic mass is 79.9. The minimum atomic E-state index is -0.541. The Morgan fingerprint density at radius 1 is 1.38 bits per heavy atom. The molecule has 0 aliphatic carbocycles. The first kappa shape index (κ1) is 16.5. The zero-order valence-corrected chi connectivity index (χ0v) is 14.6. The Morgan fingerprint density at radius 2 is 2.19 bits per heavy atom. The van der Waals surface area contributed by atoms with Crippen LogP contribution < -0.4 is 10.1 Å². The van der Waals surface area contributed by atoms with Crippen molar-refractivity contribution in [2.45, 2.75) is 26.0 Å². The second-order valence-electron chi connectivity index (χ2n) is 5.04. The van der Waals surface area contributed by atoms with Crippen LogP contribution in [0.2, 0.25) is 0 Å². The van der Waals surface area contributed by atoms with Crippen LogP contribution in [-0.4, -0.2) is 24.4 Å². The molecule has 2 atom stereocenters. The number of benzene rings is 1. The predicted octanol–water partition coefficient (Wildman–Crippen LogP) is 3.91. The highest BCUT2D eigenvalue weighted by Crippen LogP contribution is 2.25. The van der Waals surface area contributed by atoms with Gasteiger partial charge in [0.2, 0.25) is 0 Å². The number of ether oxygens (including phenoxy) is 1. The molecule has 0 fully saturated rings. The summed E-state index contributed by atoms with van der Waals surface area (Å²) in [6.07, 6.45) is -0.541. The van der Waals surface area contributed by atoms with Crippen molar-refractivity contribution >= 4 is 27.3 Å². The minimum Gasteiger partial charge on any atom is -0.490 e. The Bertz CT molecular complexity index is 559. The van der Waals surface area contributed by atoms with Crippen LogP contribution in [0.4, 0.5) is 0 Å². The fraction of sp³-hybridized carbons (Fsp3) is 0.375. The number of thiophene rings is 1. The molecule has 0 saturated carbocycles. The van der Waals surface area contributed by atoms with Gasteiger partial charge in [0.05, 0.1) is 4.47 Å². The maximum atomic E-state index is 10.0. The highest BCUT2D eigenvalue weighted by molar-refractivity contribution is 9.10. The molecule has 1 aromatic carbocycles. The third-order valence-corrected chi connectivity index (χ3v) is 4.82. The van der Waals surface area contributed by atoms with E-state index in [-0.39, 0.29) is 12.6 Å². The molecule has 2 unspecified atom stereocenters. The summed E-state index contributed by atoms with van der Waals surface area (Å²) in [5.74, 6) is 0.756. The van der Waals surface area contributed by atoms with Crippen molar-refractivity contribution in [3.63, 3.8) is 0 Å². The van der Waals surface area contributed by atoms with E-state index in [1.807, 2.05) is 31.2 Å². The lowest BCUT2D eigenvalue weighted by Gasteiger charge is -2.17.